The fourth-order valence-electron chi connectivity index (χ4n) is 1.36. The van der Waals surface area contributed by atoms with Gasteiger partial charge < -0.3 is 0 Å². The first-order chi connectivity index (χ1) is 7.72. The number of thioether (sulfide) groups is 1. The van der Waals surface area contributed by atoms with E-state index in [1.165, 1.54) is 27.9 Å². The molecule has 1 aromatic rings. The van der Waals surface area contributed by atoms with Crippen LogP contribution in [-0.2, 0) is 6.42 Å². The first-order valence-corrected chi connectivity index (χ1v) is 7.50. The van der Waals surface area contributed by atoms with Gasteiger partial charge in [-0.15, -0.1) is 0 Å². The molecule has 0 saturated carbocycles. The van der Waals surface area contributed by atoms with Gasteiger partial charge in [-0.2, -0.15) is 0 Å². The quantitative estimate of drug-likeness (QED) is 0.617. The van der Waals surface area contributed by atoms with Crippen molar-refractivity contribution in [1.82, 2.24) is 0 Å². The number of aromatic hydroxyl groups is 1. The molecule has 1 N–H and O–H groups in total. The van der Waals surface area contributed by atoms with Crippen molar-refractivity contribution in [3.05, 3.63) is 29.8 Å². The van der Waals surface area contributed by atoms with Gasteiger partial charge in [-0.1, -0.05) is 0 Å². The second-order valence-electron chi connectivity index (χ2n) is 3.74. The standard InChI is InChI=1S/C13H18OSSe/c1-2-3-9-15-13(16)8-7-11-5-4-6-12(14)10-11/h4-6,10,14H,2-3,7-9H2,1H3. The molecule has 0 heterocycles. The predicted octanol–water partition coefficient (Wildman–Crippen LogP) is 3.16. The van der Waals surface area contributed by atoms with Crippen molar-refractivity contribution in [3.63, 3.8) is 0 Å². The summed E-state index contributed by atoms with van der Waals surface area (Å²) < 4.78 is 1.37. The summed E-state index contributed by atoms with van der Waals surface area (Å²) in [5.41, 5.74) is 1.20. The Labute approximate surface area is 110 Å². The normalized spacial score (nSPS) is 10.3. The Balaban J connectivity index is 2.26. The van der Waals surface area contributed by atoms with Gasteiger partial charge in [0.05, 0.1) is 0 Å². The van der Waals surface area contributed by atoms with Gasteiger partial charge in [0.25, 0.3) is 0 Å². The van der Waals surface area contributed by atoms with E-state index in [-0.39, 0.29) is 0 Å². The molecule has 0 aliphatic heterocycles. The summed E-state index contributed by atoms with van der Waals surface area (Å²) in [6.07, 6.45) is 4.59. The summed E-state index contributed by atoms with van der Waals surface area (Å²) in [4.78, 5) is 0. The van der Waals surface area contributed by atoms with Crippen LogP contribution in [0, 0.1) is 0 Å². The van der Waals surface area contributed by atoms with Crippen LogP contribution in [-0.4, -0.2) is 30.2 Å². The predicted molar refractivity (Wildman–Crippen MR) is 74.6 cm³/mol. The van der Waals surface area contributed by atoms with E-state index in [9.17, 15) is 5.11 Å². The van der Waals surface area contributed by atoms with E-state index in [2.05, 4.69) is 28.6 Å². The van der Waals surface area contributed by atoms with Crippen LogP contribution in [0.3, 0.4) is 0 Å². The number of aryl methyl sites for hydroxylation is 1. The van der Waals surface area contributed by atoms with Crippen LogP contribution >= 0.6 is 11.8 Å². The summed E-state index contributed by atoms with van der Waals surface area (Å²) in [5, 5.41) is 9.33. The Morgan fingerprint density at radius 1 is 1.44 bits per heavy atom. The maximum atomic E-state index is 9.33. The molecular weight excluding hydrogens is 283 g/mol. The van der Waals surface area contributed by atoms with Crippen LogP contribution < -0.4 is 0 Å². The monoisotopic (exact) mass is 302 g/mol. The van der Waals surface area contributed by atoms with Gasteiger partial charge in [-0.3, -0.25) is 0 Å². The Bertz CT molecular complexity index is 338. The van der Waals surface area contributed by atoms with Crippen molar-refractivity contribution in [2.24, 2.45) is 0 Å². The molecule has 3 heteroatoms. The SMILES string of the molecule is CCCCSC(=[Se])CCc1cccc(O)c1. The van der Waals surface area contributed by atoms with Crippen LogP contribution in [0.15, 0.2) is 24.3 Å². The van der Waals surface area contributed by atoms with Gasteiger partial charge in [0.1, 0.15) is 0 Å². The molecule has 16 heavy (non-hydrogen) atoms. The fraction of sp³-hybridized carbons (Fsp3) is 0.462. The average Bonchev–Trinajstić information content (AvgIpc) is 2.27. The van der Waals surface area contributed by atoms with E-state index < -0.39 is 0 Å². The van der Waals surface area contributed by atoms with Crippen molar-refractivity contribution in [2.45, 2.75) is 32.6 Å². The van der Waals surface area contributed by atoms with E-state index >= 15 is 0 Å². The van der Waals surface area contributed by atoms with Crippen molar-refractivity contribution in [2.75, 3.05) is 5.75 Å². The number of phenolic OH excluding ortho intramolecular Hbond substituents is 1. The minimum absolute atomic E-state index is 0.359. The van der Waals surface area contributed by atoms with Gasteiger partial charge in [0.2, 0.25) is 0 Å². The number of rotatable bonds is 7. The first kappa shape index (κ1) is 13.8. The molecule has 0 spiro atoms. The summed E-state index contributed by atoms with van der Waals surface area (Å²) in [6, 6.07) is 7.50. The third-order valence-electron chi connectivity index (χ3n) is 2.29. The second kappa shape index (κ2) is 7.94. The number of unbranched alkanes of at least 4 members (excludes halogenated alkanes) is 1. The Morgan fingerprint density at radius 2 is 2.25 bits per heavy atom. The molecule has 0 unspecified atom stereocenters. The van der Waals surface area contributed by atoms with E-state index in [1.807, 2.05) is 23.9 Å². The number of hydrogen-bond donors (Lipinski definition) is 1. The molecule has 0 bridgehead atoms. The zero-order valence-electron chi connectivity index (χ0n) is 9.61. The molecule has 0 saturated heterocycles. The molecule has 1 nitrogen and oxygen atoms in total. The van der Waals surface area contributed by atoms with E-state index in [0.29, 0.717) is 5.75 Å². The third-order valence-corrected chi connectivity index (χ3v) is 4.48. The number of phenols is 1. The van der Waals surface area contributed by atoms with Gasteiger partial charge in [-0.05, 0) is 0 Å². The minimum atomic E-state index is 0.359. The molecule has 0 aliphatic rings. The van der Waals surface area contributed by atoms with Crippen LogP contribution in [0.25, 0.3) is 0 Å². The maximum absolute atomic E-state index is 9.33. The van der Waals surface area contributed by atoms with Gasteiger partial charge >= 0.3 is 110 Å². The molecule has 1 rings (SSSR count). The fourth-order valence-corrected chi connectivity index (χ4v) is 3.01. The molecule has 0 radical (unpaired) electrons. The summed E-state index contributed by atoms with van der Waals surface area (Å²) in [7, 11) is 0. The van der Waals surface area contributed by atoms with Crippen molar-refractivity contribution >= 4 is 31.1 Å². The first-order valence-electron chi connectivity index (χ1n) is 5.66. The molecule has 0 aromatic heterocycles. The Kier molecular flexibility index (Phi) is 6.86. The third kappa shape index (κ3) is 5.74. The molecule has 0 fully saturated rings. The number of hydrogen-bond acceptors (Lipinski definition) is 2. The van der Waals surface area contributed by atoms with E-state index in [4.69, 9.17) is 0 Å². The van der Waals surface area contributed by atoms with Crippen molar-refractivity contribution in [3.8, 4) is 5.75 Å². The van der Waals surface area contributed by atoms with Crippen LogP contribution in [0.4, 0.5) is 0 Å². The summed E-state index contributed by atoms with van der Waals surface area (Å²) in [5.74, 6) is 1.57. The van der Waals surface area contributed by atoms with E-state index in [1.54, 1.807) is 6.07 Å². The zero-order chi connectivity index (χ0) is 11.8. The van der Waals surface area contributed by atoms with Crippen molar-refractivity contribution in [1.29, 1.82) is 0 Å². The number of benzene rings is 1. The molecule has 0 amide bonds. The Hall–Kier alpha value is -0.241. The molecule has 0 aliphatic carbocycles. The Morgan fingerprint density at radius 3 is 2.94 bits per heavy atom. The zero-order valence-corrected chi connectivity index (χ0v) is 12.1. The summed E-state index contributed by atoms with van der Waals surface area (Å²) in [6.45, 7) is 2.21. The van der Waals surface area contributed by atoms with E-state index in [0.717, 1.165) is 12.8 Å². The van der Waals surface area contributed by atoms with Gasteiger partial charge in [-0.25, -0.2) is 0 Å². The summed E-state index contributed by atoms with van der Waals surface area (Å²) >= 11 is 5.06. The molecule has 1 aromatic carbocycles. The molecular formula is C13H18OSSe. The van der Waals surface area contributed by atoms with Crippen molar-refractivity contribution < 1.29 is 5.11 Å². The average molecular weight is 301 g/mol. The topological polar surface area (TPSA) is 20.2 Å². The molecule has 88 valence electrons. The molecule has 0 atom stereocenters. The second-order valence-corrected chi connectivity index (χ2v) is 6.55. The van der Waals surface area contributed by atoms with Crippen LogP contribution in [0.2, 0.25) is 0 Å². The van der Waals surface area contributed by atoms with Crippen LogP contribution in [0.5, 0.6) is 5.75 Å². The van der Waals surface area contributed by atoms with Gasteiger partial charge in [0.15, 0.2) is 0 Å². The van der Waals surface area contributed by atoms with Crippen LogP contribution in [0.1, 0.15) is 31.7 Å². The van der Waals surface area contributed by atoms with Gasteiger partial charge in [0, 0.05) is 0 Å².